The van der Waals surface area contributed by atoms with Crippen molar-refractivity contribution >= 4 is 40.1 Å². The first-order valence-corrected chi connectivity index (χ1v) is 36.3. The number of hydrogen-bond donors (Lipinski definition) is 0. The van der Waals surface area contributed by atoms with Crippen LogP contribution in [0.1, 0.15) is 109 Å². The number of aromatic nitrogens is 2. The molecule has 0 amide bonds. The third kappa shape index (κ3) is 13.6. The molecule has 0 unspecified atom stereocenters. The Kier molecular flexibility index (Phi) is 18.6. The fourth-order valence-corrected chi connectivity index (χ4v) is 15.0. The molecule has 17 rings (SSSR count). The van der Waals surface area contributed by atoms with Crippen LogP contribution < -0.4 is 5.46 Å². The molecule has 1 aliphatic heterocycles. The van der Waals surface area contributed by atoms with Crippen molar-refractivity contribution in [3.05, 3.63) is 377 Å². The standard InChI is InChI=1S/C45H33NO.C35H32BNO2.C16H13BrO/c1-45(2)40-22-10-9-21-38(40)44(47)39-24-23-36(27-41(39)45)34-19-11-17-32(25-34)33-18-12-20-35(26-33)37-28-42(30-13-5-3-6-14-30)46-43(29-37)31-15-7-4-8-16-31;1-34(2)35(3,4)39-36(38-34)31-20-12-19-29(22-31)27-17-11-18-28(21-27)30-23-32(25-13-7-5-8-14-25)37-33(24-30)26-15-9-6-10-16-26;1-16(2)13-6-4-3-5-11(13)15(18)12-8-7-10(17)9-14(12)16/h3-29H,1-2H3;5-24H,1-4H3;3-9H,1-2H3. The second-order valence-corrected chi connectivity index (χ2v) is 30.0. The number of halogens is 1. The molecule has 2 aliphatic carbocycles. The van der Waals surface area contributed by atoms with Gasteiger partial charge < -0.3 is 9.31 Å². The molecule has 3 aliphatic rings. The van der Waals surface area contributed by atoms with Crippen LogP contribution in [0.5, 0.6) is 0 Å². The lowest BCUT2D eigenvalue weighted by Crippen LogP contribution is -2.41. The molecule has 3 heterocycles. The van der Waals surface area contributed by atoms with Gasteiger partial charge in [-0.15, -0.1) is 0 Å². The van der Waals surface area contributed by atoms with Gasteiger partial charge >= 0.3 is 7.12 Å². The Morgan fingerprint density at radius 3 is 0.933 bits per heavy atom. The van der Waals surface area contributed by atoms with Gasteiger partial charge in [0.1, 0.15) is 0 Å². The van der Waals surface area contributed by atoms with E-state index in [1.54, 1.807) is 0 Å². The Balaban J connectivity index is 0.000000137. The average Bonchev–Trinajstić information content (AvgIpc) is 0.964. The van der Waals surface area contributed by atoms with Crippen LogP contribution in [0.3, 0.4) is 0 Å². The van der Waals surface area contributed by atoms with Crippen LogP contribution in [-0.4, -0.2) is 39.9 Å². The number of rotatable bonds is 10. The van der Waals surface area contributed by atoms with Crippen molar-refractivity contribution < 1.29 is 18.9 Å². The molecule has 506 valence electrons. The van der Waals surface area contributed by atoms with Gasteiger partial charge in [-0.25, -0.2) is 9.97 Å². The van der Waals surface area contributed by atoms with Crippen LogP contribution in [0.4, 0.5) is 0 Å². The van der Waals surface area contributed by atoms with Gasteiger partial charge in [-0.3, -0.25) is 9.59 Å². The highest BCUT2D eigenvalue weighted by atomic mass is 79.9. The predicted octanol–water partition coefficient (Wildman–Crippen LogP) is 23.7. The van der Waals surface area contributed by atoms with Crippen LogP contribution in [0, 0.1) is 0 Å². The molecule has 2 aromatic heterocycles. The zero-order valence-electron chi connectivity index (χ0n) is 59.7. The Hall–Kier alpha value is -11.3. The fraction of sp³-hybridized carbons (Fsp3) is 0.125. The molecule has 14 aromatic rings. The minimum atomic E-state index is -0.389. The van der Waals surface area contributed by atoms with Gasteiger partial charge in [-0.1, -0.05) is 304 Å². The zero-order valence-corrected chi connectivity index (χ0v) is 61.2. The summed E-state index contributed by atoms with van der Waals surface area (Å²) in [7, 11) is -0.389. The number of nitrogens with zero attached hydrogens (tertiary/aromatic N) is 2. The van der Waals surface area contributed by atoms with Crippen molar-refractivity contribution in [2.45, 2.75) is 77.4 Å². The van der Waals surface area contributed by atoms with Crippen molar-refractivity contribution in [3.8, 4) is 101 Å². The number of carbonyl (C=O) groups is 2. The van der Waals surface area contributed by atoms with Crippen LogP contribution in [-0.2, 0) is 20.1 Å². The predicted molar refractivity (Wildman–Crippen MR) is 431 cm³/mol. The first-order valence-electron chi connectivity index (χ1n) is 35.5. The van der Waals surface area contributed by atoms with Crippen LogP contribution >= 0.6 is 15.9 Å². The van der Waals surface area contributed by atoms with Gasteiger partial charge in [-0.2, -0.15) is 0 Å². The number of hydrogen-bond acceptors (Lipinski definition) is 6. The minimum Gasteiger partial charge on any atom is -0.399 e. The van der Waals surface area contributed by atoms with Crippen LogP contribution in [0.2, 0.25) is 0 Å². The molecule has 0 N–H and O–H groups in total. The van der Waals surface area contributed by atoms with E-state index in [4.69, 9.17) is 19.3 Å². The van der Waals surface area contributed by atoms with Crippen molar-refractivity contribution in [3.63, 3.8) is 0 Å². The minimum absolute atomic E-state index is 0.106. The van der Waals surface area contributed by atoms with E-state index in [1.807, 2.05) is 78.9 Å². The fourth-order valence-electron chi connectivity index (χ4n) is 14.6. The highest BCUT2D eigenvalue weighted by molar-refractivity contribution is 9.10. The lowest BCUT2D eigenvalue weighted by molar-refractivity contribution is 0.00578. The molecule has 1 saturated heterocycles. The van der Waals surface area contributed by atoms with Gasteiger partial charge in [0.15, 0.2) is 11.6 Å². The van der Waals surface area contributed by atoms with Gasteiger partial charge in [-0.05, 0) is 178 Å². The van der Waals surface area contributed by atoms with Gasteiger partial charge in [0.2, 0.25) is 0 Å². The lowest BCUT2D eigenvalue weighted by atomic mass is 9.68. The summed E-state index contributed by atoms with van der Waals surface area (Å²) in [4.78, 5) is 36.0. The molecular formula is C96H78BBrN2O4. The largest absolute Gasteiger partial charge is 0.494 e. The van der Waals surface area contributed by atoms with E-state index in [1.165, 1.54) is 0 Å². The average molecular weight is 1410 g/mol. The number of fused-ring (bicyclic) bond motifs is 4. The van der Waals surface area contributed by atoms with E-state index in [0.29, 0.717) is 0 Å². The summed E-state index contributed by atoms with van der Waals surface area (Å²) in [6, 6.07) is 113. The van der Waals surface area contributed by atoms with Gasteiger partial charge in [0, 0.05) is 59.8 Å². The van der Waals surface area contributed by atoms with Gasteiger partial charge in [0.25, 0.3) is 0 Å². The summed E-state index contributed by atoms with van der Waals surface area (Å²) < 4.78 is 13.6. The van der Waals surface area contributed by atoms with E-state index in [0.717, 1.165) is 155 Å². The first-order chi connectivity index (χ1) is 50.3. The normalized spacial score (nSPS) is 14.6. The molecule has 0 radical (unpaired) electrons. The van der Waals surface area contributed by atoms with E-state index in [9.17, 15) is 9.59 Å². The molecule has 0 spiro atoms. The third-order valence-corrected chi connectivity index (χ3v) is 21.6. The molecule has 104 heavy (non-hydrogen) atoms. The zero-order chi connectivity index (χ0) is 71.9. The quantitative estimate of drug-likeness (QED) is 0.127. The smallest absolute Gasteiger partial charge is 0.399 e. The Morgan fingerprint density at radius 1 is 0.260 bits per heavy atom. The summed E-state index contributed by atoms with van der Waals surface area (Å²) in [5, 5.41) is 0. The summed E-state index contributed by atoms with van der Waals surface area (Å²) in [5.74, 6) is 0.237. The Morgan fingerprint density at radius 2 is 0.548 bits per heavy atom. The van der Waals surface area contributed by atoms with E-state index in [-0.39, 0.29) is 40.7 Å². The van der Waals surface area contributed by atoms with E-state index < -0.39 is 0 Å². The molecule has 8 heteroatoms. The summed E-state index contributed by atoms with van der Waals surface area (Å²) in [6.45, 7) is 17.1. The molecule has 0 atom stereocenters. The maximum atomic E-state index is 13.4. The Bertz CT molecular complexity index is 5440. The monoisotopic (exact) mass is 1410 g/mol. The number of benzene rings is 12. The second kappa shape index (κ2) is 28.2. The Labute approximate surface area is 619 Å². The second-order valence-electron chi connectivity index (χ2n) is 29.1. The summed E-state index contributed by atoms with van der Waals surface area (Å²) in [5.41, 5.74) is 27.0. The van der Waals surface area contributed by atoms with E-state index >= 15 is 0 Å². The number of pyridine rings is 2. The highest BCUT2D eigenvalue weighted by Gasteiger charge is 2.52. The topological polar surface area (TPSA) is 78.4 Å². The maximum Gasteiger partial charge on any atom is 0.494 e. The number of carbonyl (C=O) groups excluding carboxylic acids is 2. The molecular weight excluding hydrogens is 1340 g/mol. The maximum absolute atomic E-state index is 13.4. The molecule has 0 bridgehead atoms. The molecule has 12 aromatic carbocycles. The first kappa shape index (κ1) is 68.5. The lowest BCUT2D eigenvalue weighted by Gasteiger charge is -2.34. The van der Waals surface area contributed by atoms with E-state index in [2.05, 4.69) is 320 Å². The van der Waals surface area contributed by atoms with Gasteiger partial charge in [0.05, 0.1) is 34.0 Å². The van der Waals surface area contributed by atoms with Crippen molar-refractivity contribution in [1.82, 2.24) is 9.97 Å². The third-order valence-electron chi connectivity index (χ3n) is 21.1. The van der Waals surface area contributed by atoms with Crippen molar-refractivity contribution in [1.29, 1.82) is 0 Å². The molecule has 1 fully saturated rings. The van der Waals surface area contributed by atoms with Crippen LogP contribution in [0.15, 0.2) is 332 Å². The molecule has 6 nitrogen and oxygen atoms in total. The van der Waals surface area contributed by atoms with Crippen LogP contribution in [0.25, 0.3) is 101 Å². The SMILES string of the molecule is CC1(C)OB(c2cccc(-c3cccc(-c4cc(-c5ccccc5)nc(-c5ccccc5)c4)c3)c2)OC1(C)C.CC1(C)c2ccccc2C(=O)c2ccc(-c3cccc(-c4cccc(-c5cc(-c6ccccc6)nc(-c6ccccc6)c5)c4)c3)cc21.CC1(C)c2ccccc2C(=O)c2ccc(Br)cc21. The van der Waals surface area contributed by atoms with Crippen molar-refractivity contribution in [2.24, 2.45) is 0 Å². The molecule has 0 saturated carbocycles. The number of ketones is 2. The highest BCUT2D eigenvalue weighted by Crippen LogP contribution is 2.46. The van der Waals surface area contributed by atoms with Crippen molar-refractivity contribution in [2.75, 3.05) is 0 Å². The summed E-state index contributed by atoms with van der Waals surface area (Å²) in [6.07, 6.45) is 0. The summed E-state index contributed by atoms with van der Waals surface area (Å²) >= 11 is 3.49.